The summed E-state index contributed by atoms with van der Waals surface area (Å²) in [6.45, 7) is 0.221. The summed E-state index contributed by atoms with van der Waals surface area (Å²) in [5, 5.41) is 30.9. The van der Waals surface area contributed by atoms with Crippen LogP contribution in [0.1, 0.15) is 12.8 Å². The minimum absolute atomic E-state index is 0.0327. The van der Waals surface area contributed by atoms with Crippen molar-refractivity contribution in [3.8, 4) is 0 Å². The van der Waals surface area contributed by atoms with Gasteiger partial charge in [-0.25, -0.2) is 0 Å². The highest BCUT2D eigenvalue weighted by Crippen LogP contribution is 2.37. The van der Waals surface area contributed by atoms with Crippen molar-refractivity contribution in [1.29, 1.82) is 0 Å². The molecule has 0 spiro atoms. The lowest BCUT2D eigenvalue weighted by molar-refractivity contribution is -0.395. The molecule has 1 aliphatic rings. The van der Waals surface area contributed by atoms with Crippen LogP contribution in [0.15, 0.2) is 12.1 Å². The van der Waals surface area contributed by atoms with Crippen molar-refractivity contribution in [3.05, 3.63) is 38.2 Å². The van der Waals surface area contributed by atoms with Gasteiger partial charge in [-0.1, -0.05) is 0 Å². The van der Waals surface area contributed by atoms with E-state index in [-0.39, 0.29) is 18.3 Å². The summed E-state index contributed by atoms with van der Waals surface area (Å²) in [6, 6.07) is 1.08. The topological polar surface area (TPSA) is 110 Å². The van der Waals surface area contributed by atoms with Crippen LogP contribution in [0.5, 0.6) is 0 Å². The zero-order chi connectivity index (χ0) is 14.9. The van der Waals surface area contributed by atoms with Gasteiger partial charge >= 0.3 is 5.69 Å². The van der Waals surface area contributed by atoms with Gasteiger partial charge in [0.1, 0.15) is 5.69 Å². The molecule has 0 amide bonds. The molecule has 1 aromatic rings. The molecule has 2 rings (SSSR count). The average molecular weight is 285 g/mol. The zero-order valence-electron chi connectivity index (χ0n) is 10.4. The maximum atomic E-state index is 13.7. The summed E-state index contributed by atoms with van der Waals surface area (Å²) >= 11 is 0. The van der Waals surface area contributed by atoms with E-state index in [0.717, 1.165) is 6.07 Å². The molecule has 0 bridgehead atoms. The number of nitrogens with zero attached hydrogens (tertiary/aromatic N) is 3. The lowest BCUT2D eigenvalue weighted by Crippen LogP contribution is -2.32. The first-order valence-electron chi connectivity index (χ1n) is 5.95. The molecule has 1 aromatic carbocycles. The maximum absolute atomic E-state index is 13.7. The molecular weight excluding hydrogens is 273 g/mol. The Labute approximate surface area is 112 Å². The van der Waals surface area contributed by atoms with Gasteiger partial charge in [0.05, 0.1) is 28.6 Å². The van der Waals surface area contributed by atoms with Crippen molar-refractivity contribution in [2.75, 3.05) is 18.1 Å². The van der Waals surface area contributed by atoms with Gasteiger partial charge in [0, 0.05) is 12.6 Å². The zero-order valence-corrected chi connectivity index (χ0v) is 10.4. The molecule has 0 aromatic heterocycles. The number of hydrogen-bond acceptors (Lipinski definition) is 6. The first kappa shape index (κ1) is 14.1. The fraction of sp³-hybridized carbons (Fsp3) is 0.455. The lowest BCUT2D eigenvalue weighted by Gasteiger charge is -2.24. The molecule has 1 atom stereocenters. The molecule has 108 valence electrons. The number of aliphatic hydroxyl groups excluding tert-OH is 1. The molecule has 1 fully saturated rings. The van der Waals surface area contributed by atoms with Crippen LogP contribution in [-0.2, 0) is 0 Å². The average Bonchev–Trinajstić information content (AvgIpc) is 2.85. The predicted molar refractivity (Wildman–Crippen MR) is 67.2 cm³/mol. The molecule has 0 radical (unpaired) electrons. The minimum atomic E-state index is -1.13. The van der Waals surface area contributed by atoms with Gasteiger partial charge in [-0.05, 0) is 12.8 Å². The standard InChI is InChI=1S/C11H12FN3O5/c12-8-4-10(13-3-1-2-7(13)6-16)11(15(19)20)5-9(8)14(17)18/h4-5,7,16H,1-3,6H2. The monoisotopic (exact) mass is 285 g/mol. The Balaban J connectivity index is 2.54. The summed E-state index contributed by atoms with van der Waals surface area (Å²) in [5.41, 5.74) is -1.49. The van der Waals surface area contributed by atoms with E-state index in [0.29, 0.717) is 25.5 Å². The van der Waals surface area contributed by atoms with Gasteiger partial charge in [-0.2, -0.15) is 4.39 Å². The van der Waals surface area contributed by atoms with E-state index in [1.54, 1.807) is 0 Å². The highest BCUT2D eigenvalue weighted by molar-refractivity contribution is 5.68. The quantitative estimate of drug-likeness (QED) is 0.664. The Morgan fingerprint density at radius 1 is 1.30 bits per heavy atom. The predicted octanol–water partition coefficient (Wildman–Crippen LogP) is 1.60. The third kappa shape index (κ3) is 2.39. The Kier molecular flexibility index (Phi) is 3.79. The van der Waals surface area contributed by atoms with Crippen LogP contribution in [0.2, 0.25) is 0 Å². The summed E-state index contributed by atoms with van der Waals surface area (Å²) in [6.07, 6.45) is 1.34. The van der Waals surface area contributed by atoms with Gasteiger partial charge in [-0.3, -0.25) is 20.2 Å². The van der Waals surface area contributed by atoms with Gasteiger partial charge < -0.3 is 10.0 Å². The van der Waals surface area contributed by atoms with E-state index in [1.165, 1.54) is 4.90 Å². The van der Waals surface area contributed by atoms with Crippen LogP contribution in [0.3, 0.4) is 0 Å². The Morgan fingerprint density at radius 2 is 1.95 bits per heavy atom. The van der Waals surface area contributed by atoms with Crippen LogP contribution in [0.4, 0.5) is 21.5 Å². The molecule has 0 saturated carbocycles. The van der Waals surface area contributed by atoms with Crippen molar-refractivity contribution in [2.45, 2.75) is 18.9 Å². The van der Waals surface area contributed by atoms with Gasteiger partial charge in [0.15, 0.2) is 0 Å². The number of anilines is 1. The van der Waals surface area contributed by atoms with Crippen LogP contribution < -0.4 is 4.90 Å². The van der Waals surface area contributed by atoms with Crippen molar-refractivity contribution >= 4 is 17.1 Å². The third-order valence-corrected chi connectivity index (χ3v) is 3.33. The van der Waals surface area contributed by atoms with Crippen molar-refractivity contribution in [2.24, 2.45) is 0 Å². The van der Waals surface area contributed by atoms with Crippen molar-refractivity contribution < 1.29 is 19.3 Å². The number of benzene rings is 1. The van der Waals surface area contributed by atoms with Gasteiger partial charge in [0.25, 0.3) is 5.69 Å². The normalized spacial score (nSPS) is 18.3. The van der Waals surface area contributed by atoms with E-state index in [1.807, 2.05) is 0 Å². The van der Waals surface area contributed by atoms with Crippen LogP contribution in [0.25, 0.3) is 0 Å². The number of hydrogen-bond donors (Lipinski definition) is 1. The molecule has 1 saturated heterocycles. The smallest absolute Gasteiger partial charge is 0.311 e. The molecular formula is C11H12FN3O5. The van der Waals surface area contributed by atoms with Gasteiger partial charge in [-0.15, -0.1) is 0 Å². The SMILES string of the molecule is O=[N+]([O-])c1cc([N+](=O)[O-])c(N2CCCC2CO)cc1F. The van der Waals surface area contributed by atoms with E-state index >= 15 is 0 Å². The summed E-state index contributed by atoms with van der Waals surface area (Å²) in [5.74, 6) is -1.13. The van der Waals surface area contributed by atoms with Crippen molar-refractivity contribution in [1.82, 2.24) is 0 Å². The number of aliphatic hydroxyl groups is 1. The minimum Gasteiger partial charge on any atom is -0.394 e. The number of nitro benzene ring substituents is 2. The van der Waals surface area contributed by atoms with Crippen LogP contribution >= 0.6 is 0 Å². The molecule has 0 aliphatic carbocycles. The highest BCUT2D eigenvalue weighted by atomic mass is 19.1. The first-order chi connectivity index (χ1) is 9.45. The molecule has 1 aliphatic heterocycles. The first-order valence-corrected chi connectivity index (χ1v) is 5.95. The largest absolute Gasteiger partial charge is 0.394 e. The highest BCUT2D eigenvalue weighted by Gasteiger charge is 2.32. The fourth-order valence-corrected chi connectivity index (χ4v) is 2.40. The summed E-state index contributed by atoms with van der Waals surface area (Å²) < 4.78 is 13.7. The number of rotatable bonds is 4. The van der Waals surface area contributed by atoms with Crippen LogP contribution in [-0.4, -0.2) is 34.1 Å². The molecule has 20 heavy (non-hydrogen) atoms. The maximum Gasteiger partial charge on any atom is 0.311 e. The Hall–Kier alpha value is -2.29. The Bertz CT molecular complexity index is 565. The second kappa shape index (κ2) is 5.37. The second-order valence-corrected chi connectivity index (χ2v) is 4.48. The second-order valence-electron chi connectivity index (χ2n) is 4.48. The fourth-order valence-electron chi connectivity index (χ4n) is 2.40. The molecule has 1 heterocycles. The lowest BCUT2D eigenvalue weighted by atomic mass is 10.2. The molecule has 8 nitrogen and oxygen atoms in total. The summed E-state index contributed by atoms with van der Waals surface area (Å²) in [7, 11) is 0. The molecule has 1 unspecified atom stereocenters. The van der Waals surface area contributed by atoms with E-state index in [2.05, 4.69) is 0 Å². The van der Waals surface area contributed by atoms with E-state index in [9.17, 15) is 29.7 Å². The van der Waals surface area contributed by atoms with E-state index in [4.69, 9.17) is 0 Å². The molecule has 9 heteroatoms. The third-order valence-electron chi connectivity index (χ3n) is 3.33. The van der Waals surface area contributed by atoms with Crippen LogP contribution in [0, 0.1) is 26.0 Å². The number of nitro groups is 2. The van der Waals surface area contributed by atoms with Crippen molar-refractivity contribution in [3.63, 3.8) is 0 Å². The number of halogens is 1. The van der Waals surface area contributed by atoms with E-state index < -0.39 is 27.0 Å². The van der Waals surface area contributed by atoms with Gasteiger partial charge in [0.2, 0.25) is 5.82 Å². The molecule has 1 N–H and O–H groups in total. The summed E-state index contributed by atoms with van der Waals surface area (Å²) in [4.78, 5) is 21.4. The Morgan fingerprint density at radius 3 is 2.50 bits per heavy atom.